The maximum absolute atomic E-state index is 7.83. The van der Waals surface area contributed by atoms with Gasteiger partial charge >= 0.3 is 0 Å². The molecule has 1 aliphatic rings. The first kappa shape index (κ1) is 10.5. The molecule has 76 valence electrons. The van der Waals surface area contributed by atoms with Gasteiger partial charge in [-0.1, -0.05) is 6.42 Å². The minimum atomic E-state index is 0.855. The van der Waals surface area contributed by atoms with E-state index in [1.54, 1.807) is 0 Å². The molecule has 0 bridgehead atoms. The highest BCUT2D eigenvalue weighted by atomic mass is 15.2. The highest BCUT2D eigenvalue weighted by molar-refractivity contribution is 5.79. The molecule has 3 heteroatoms. The van der Waals surface area contributed by atoms with E-state index < -0.39 is 0 Å². The fraction of sp³-hybridized carbons (Fsp3) is 0.900. The van der Waals surface area contributed by atoms with Crippen molar-refractivity contribution in [2.75, 3.05) is 26.7 Å². The van der Waals surface area contributed by atoms with Gasteiger partial charge in [0.15, 0.2) is 0 Å². The van der Waals surface area contributed by atoms with Crippen LogP contribution < -0.4 is 5.32 Å². The van der Waals surface area contributed by atoms with Crippen molar-refractivity contribution in [2.45, 2.75) is 32.1 Å². The molecule has 0 atom stereocenters. The largest absolute Gasteiger partial charge is 0.361 e. The van der Waals surface area contributed by atoms with Crippen LogP contribution in [0.25, 0.3) is 0 Å². The Morgan fingerprint density at radius 3 is 3.00 bits per heavy atom. The maximum Gasteiger partial charge on any atom is 0.0957 e. The summed E-state index contributed by atoms with van der Waals surface area (Å²) in [6, 6.07) is 0. The third-order valence-electron chi connectivity index (χ3n) is 2.58. The van der Waals surface area contributed by atoms with E-state index in [0.717, 1.165) is 38.3 Å². The monoisotopic (exact) mass is 183 g/mol. The minimum Gasteiger partial charge on any atom is -0.361 e. The second kappa shape index (κ2) is 5.97. The molecule has 0 radical (unpaired) electrons. The van der Waals surface area contributed by atoms with Gasteiger partial charge < -0.3 is 10.2 Å². The molecule has 1 heterocycles. The molecule has 0 amide bonds. The summed E-state index contributed by atoms with van der Waals surface area (Å²) in [4.78, 5) is 2.24. The van der Waals surface area contributed by atoms with E-state index >= 15 is 0 Å². The van der Waals surface area contributed by atoms with Crippen LogP contribution in [-0.4, -0.2) is 37.4 Å². The summed E-state index contributed by atoms with van der Waals surface area (Å²) in [5, 5.41) is 11.0. The van der Waals surface area contributed by atoms with Gasteiger partial charge in [0.05, 0.1) is 5.84 Å². The van der Waals surface area contributed by atoms with E-state index in [9.17, 15) is 0 Å². The third-order valence-corrected chi connectivity index (χ3v) is 2.58. The second-order valence-electron chi connectivity index (χ2n) is 3.70. The lowest BCUT2D eigenvalue weighted by Crippen LogP contribution is -2.32. The summed E-state index contributed by atoms with van der Waals surface area (Å²) >= 11 is 0. The van der Waals surface area contributed by atoms with Crippen LogP contribution in [0.3, 0.4) is 0 Å². The van der Waals surface area contributed by atoms with E-state index in [1.165, 1.54) is 19.3 Å². The van der Waals surface area contributed by atoms with Gasteiger partial charge in [-0.05, 0) is 32.9 Å². The molecule has 1 saturated heterocycles. The average molecular weight is 183 g/mol. The lowest BCUT2D eigenvalue weighted by molar-refractivity contribution is 0.401. The zero-order chi connectivity index (χ0) is 9.52. The normalized spacial score (nSPS) is 18.8. The number of nitrogens with one attached hydrogen (secondary N) is 2. The first-order valence-corrected chi connectivity index (χ1v) is 5.31. The summed E-state index contributed by atoms with van der Waals surface area (Å²) in [5.41, 5.74) is 0. The van der Waals surface area contributed by atoms with Gasteiger partial charge in [-0.3, -0.25) is 5.41 Å². The van der Waals surface area contributed by atoms with Crippen molar-refractivity contribution in [3.8, 4) is 0 Å². The third kappa shape index (κ3) is 3.77. The molecular weight excluding hydrogens is 162 g/mol. The Balaban J connectivity index is 2.24. The molecule has 0 aliphatic carbocycles. The van der Waals surface area contributed by atoms with Gasteiger partial charge in [0.2, 0.25) is 0 Å². The van der Waals surface area contributed by atoms with E-state index in [-0.39, 0.29) is 0 Å². The van der Waals surface area contributed by atoms with E-state index in [4.69, 9.17) is 5.41 Å². The standard InChI is InChI=1S/C10H21N3/c1-12-7-5-9-13-8-4-2-3-6-10(13)11/h11-12H,2-9H2,1H3. The Labute approximate surface area is 81.0 Å². The van der Waals surface area contributed by atoms with Crippen LogP contribution in [0.5, 0.6) is 0 Å². The first-order valence-electron chi connectivity index (χ1n) is 5.31. The molecule has 1 rings (SSSR count). The Bertz CT molecular complexity index is 156. The molecule has 0 unspecified atom stereocenters. The van der Waals surface area contributed by atoms with Crippen LogP contribution in [0.15, 0.2) is 0 Å². The molecule has 0 spiro atoms. The number of nitrogens with zero attached hydrogens (tertiary/aromatic N) is 1. The fourth-order valence-electron chi connectivity index (χ4n) is 1.76. The van der Waals surface area contributed by atoms with Crippen molar-refractivity contribution < 1.29 is 0 Å². The van der Waals surface area contributed by atoms with Crippen molar-refractivity contribution in [3.63, 3.8) is 0 Å². The molecule has 1 fully saturated rings. The van der Waals surface area contributed by atoms with Gasteiger partial charge in [0, 0.05) is 19.5 Å². The van der Waals surface area contributed by atoms with Crippen LogP contribution >= 0.6 is 0 Å². The van der Waals surface area contributed by atoms with Crippen LogP contribution in [0.1, 0.15) is 32.1 Å². The molecule has 3 nitrogen and oxygen atoms in total. The van der Waals surface area contributed by atoms with Crippen molar-refractivity contribution in [3.05, 3.63) is 0 Å². The summed E-state index contributed by atoms with van der Waals surface area (Å²) in [7, 11) is 1.98. The maximum atomic E-state index is 7.83. The molecule has 0 aromatic rings. The highest BCUT2D eigenvalue weighted by Gasteiger charge is 2.11. The predicted molar refractivity (Wildman–Crippen MR) is 56.3 cm³/mol. The topological polar surface area (TPSA) is 39.1 Å². The summed E-state index contributed by atoms with van der Waals surface area (Å²) in [5.74, 6) is 0.855. The molecule has 2 N–H and O–H groups in total. The Morgan fingerprint density at radius 2 is 2.23 bits per heavy atom. The van der Waals surface area contributed by atoms with Gasteiger partial charge in [-0.25, -0.2) is 0 Å². The SMILES string of the molecule is CNCCCN1CCCCCC1=N. The van der Waals surface area contributed by atoms with E-state index in [1.807, 2.05) is 7.05 Å². The number of likely N-dealkylation sites (tertiary alicyclic amines) is 1. The number of amidine groups is 1. The first-order chi connectivity index (χ1) is 6.34. The van der Waals surface area contributed by atoms with Gasteiger partial charge in [-0.15, -0.1) is 0 Å². The lowest BCUT2D eigenvalue weighted by Gasteiger charge is -2.22. The van der Waals surface area contributed by atoms with Crippen LogP contribution in [-0.2, 0) is 0 Å². The second-order valence-corrected chi connectivity index (χ2v) is 3.70. The average Bonchev–Trinajstić information content (AvgIpc) is 2.32. The summed E-state index contributed by atoms with van der Waals surface area (Å²) in [6.07, 6.45) is 5.91. The van der Waals surface area contributed by atoms with Crippen LogP contribution in [0.4, 0.5) is 0 Å². The van der Waals surface area contributed by atoms with Gasteiger partial charge in [0.1, 0.15) is 0 Å². The molecular formula is C10H21N3. The fourth-order valence-corrected chi connectivity index (χ4v) is 1.76. The summed E-state index contributed by atoms with van der Waals surface area (Å²) < 4.78 is 0. The van der Waals surface area contributed by atoms with Crippen LogP contribution in [0.2, 0.25) is 0 Å². The zero-order valence-corrected chi connectivity index (χ0v) is 8.60. The molecule has 0 saturated carbocycles. The van der Waals surface area contributed by atoms with E-state index in [2.05, 4.69) is 10.2 Å². The molecule has 13 heavy (non-hydrogen) atoms. The number of hydrogen-bond donors (Lipinski definition) is 2. The predicted octanol–water partition coefficient (Wildman–Crippen LogP) is 1.45. The van der Waals surface area contributed by atoms with Crippen molar-refractivity contribution in [1.82, 2.24) is 10.2 Å². The van der Waals surface area contributed by atoms with E-state index in [0.29, 0.717) is 0 Å². The number of rotatable bonds is 4. The van der Waals surface area contributed by atoms with Gasteiger partial charge in [-0.2, -0.15) is 0 Å². The zero-order valence-electron chi connectivity index (χ0n) is 8.60. The lowest BCUT2D eigenvalue weighted by atomic mass is 10.2. The van der Waals surface area contributed by atoms with Gasteiger partial charge in [0.25, 0.3) is 0 Å². The molecule has 0 aromatic carbocycles. The Kier molecular flexibility index (Phi) is 4.83. The smallest absolute Gasteiger partial charge is 0.0957 e. The molecule has 0 aromatic heterocycles. The summed E-state index contributed by atoms with van der Waals surface area (Å²) in [6.45, 7) is 3.21. The highest BCUT2D eigenvalue weighted by Crippen LogP contribution is 2.11. The van der Waals surface area contributed by atoms with Crippen molar-refractivity contribution in [2.24, 2.45) is 0 Å². The quantitative estimate of drug-likeness (QED) is 0.647. The van der Waals surface area contributed by atoms with Crippen molar-refractivity contribution >= 4 is 5.84 Å². The van der Waals surface area contributed by atoms with Crippen LogP contribution in [0, 0.1) is 5.41 Å². The Hall–Kier alpha value is -0.570. The Morgan fingerprint density at radius 1 is 1.38 bits per heavy atom. The number of hydrogen-bond acceptors (Lipinski definition) is 2. The minimum absolute atomic E-state index is 0.855. The van der Waals surface area contributed by atoms with Crippen molar-refractivity contribution in [1.29, 1.82) is 5.41 Å². The molecule has 1 aliphatic heterocycles.